The van der Waals surface area contributed by atoms with Gasteiger partial charge < -0.3 is 5.84 Å². The molecule has 0 unspecified atom stereocenters. The number of benzene rings is 1. The highest BCUT2D eigenvalue weighted by Gasteiger charge is 2.12. The van der Waals surface area contributed by atoms with E-state index in [4.69, 9.17) is 17.4 Å². The van der Waals surface area contributed by atoms with Crippen LogP contribution in [0.3, 0.4) is 0 Å². The zero-order chi connectivity index (χ0) is 9.14. The molecule has 1 aromatic rings. The molecule has 0 atom stereocenters. The summed E-state index contributed by atoms with van der Waals surface area (Å²) in [6, 6.07) is 3.38. The largest absolute Gasteiger partial charge is 0.322 e. The Labute approximate surface area is 72.6 Å². The van der Waals surface area contributed by atoms with E-state index in [0.717, 1.165) is 12.1 Å². The number of nitrogens with zero attached hydrogens (tertiary/aromatic N) is 1. The third-order valence-electron chi connectivity index (χ3n) is 1.28. The summed E-state index contributed by atoms with van der Waals surface area (Å²) in [6.07, 6.45) is 0. The average Bonchev–Trinajstić information content (AvgIpc) is 2.03. The zero-order valence-corrected chi connectivity index (χ0v) is 6.65. The molecule has 0 heterocycles. The van der Waals surface area contributed by atoms with Crippen LogP contribution in [-0.4, -0.2) is 5.17 Å². The van der Waals surface area contributed by atoms with Crippen LogP contribution in [0.1, 0.15) is 5.56 Å². The molecule has 2 nitrogen and oxygen atoms in total. The van der Waals surface area contributed by atoms with Crippen molar-refractivity contribution in [3.8, 4) is 0 Å². The molecule has 1 aromatic carbocycles. The van der Waals surface area contributed by atoms with Gasteiger partial charge in [-0.1, -0.05) is 17.7 Å². The first-order valence-electron chi connectivity index (χ1n) is 3.04. The average molecular weight is 191 g/mol. The Morgan fingerprint density at radius 3 is 2.25 bits per heavy atom. The molecule has 0 aliphatic rings. The molecule has 0 aliphatic heterocycles. The second-order valence-corrected chi connectivity index (χ2v) is 2.37. The Balaban J connectivity index is 3.31. The molecule has 12 heavy (non-hydrogen) atoms. The molecule has 0 aliphatic carbocycles. The van der Waals surface area contributed by atoms with E-state index in [-0.39, 0.29) is 5.17 Å². The molecular weight excluding hydrogens is 186 g/mol. The Morgan fingerprint density at radius 2 is 1.83 bits per heavy atom. The second kappa shape index (κ2) is 3.49. The van der Waals surface area contributed by atoms with Gasteiger partial charge in [-0.2, -0.15) is 5.10 Å². The fourth-order valence-electron chi connectivity index (χ4n) is 0.759. The highest BCUT2D eigenvalue weighted by atomic mass is 35.5. The van der Waals surface area contributed by atoms with Crippen LogP contribution in [0.25, 0.3) is 0 Å². The van der Waals surface area contributed by atoms with E-state index >= 15 is 0 Å². The lowest BCUT2D eigenvalue weighted by molar-refractivity contribution is 0.579. The molecular formula is C7H5ClF2N2. The summed E-state index contributed by atoms with van der Waals surface area (Å²) in [5.41, 5.74) is -0.401. The summed E-state index contributed by atoms with van der Waals surface area (Å²) in [7, 11) is 0. The van der Waals surface area contributed by atoms with Gasteiger partial charge in [-0.05, 0) is 12.1 Å². The molecule has 2 N–H and O–H groups in total. The highest BCUT2D eigenvalue weighted by molar-refractivity contribution is 6.69. The van der Waals surface area contributed by atoms with E-state index < -0.39 is 17.2 Å². The number of hydrogen-bond donors (Lipinski definition) is 1. The van der Waals surface area contributed by atoms with Gasteiger partial charge in [-0.3, -0.25) is 0 Å². The number of halogens is 3. The van der Waals surface area contributed by atoms with E-state index in [2.05, 4.69) is 5.10 Å². The normalized spacial score (nSPS) is 11.8. The lowest BCUT2D eigenvalue weighted by Crippen LogP contribution is -2.02. The van der Waals surface area contributed by atoms with Gasteiger partial charge in [0.25, 0.3) is 0 Å². The van der Waals surface area contributed by atoms with Crippen molar-refractivity contribution in [3.05, 3.63) is 35.4 Å². The number of hydrazone groups is 1. The van der Waals surface area contributed by atoms with Crippen LogP contribution in [0, 0.1) is 11.6 Å². The standard InChI is InChI=1S/C7H5ClF2N2/c8-7(12-11)6-4(9)2-1-3-5(6)10/h1-3H,11H2. The predicted octanol–water partition coefficient (Wildman–Crippen LogP) is 1.82. The molecule has 0 bridgehead atoms. The van der Waals surface area contributed by atoms with Crippen molar-refractivity contribution in [3.63, 3.8) is 0 Å². The molecule has 5 heteroatoms. The number of rotatable bonds is 1. The summed E-state index contributed by atoms with van der Waals surface area (Å²) in [4.78, 5) is 0. The van der Waals surface area contributed by atoms with E-state index in [1.54, 1.807) is 0 Å². The van der Waals surface area contributed by atoms with Crippen molar-refractivity contribution in [2.75, 3.05) is 0 Å². The smallest absolute Gasteiger partial charge is 0.161 e. The summed E-state index contributed by atoms with van der Waals surface area (Å²) in [6.45, 7) is 0. The second-order valence-electron chi connectivity index (χ2n) is 2.02. The third kappa shape index (κ3) is 1.53. The van der Waals surface area contributed by atoms with Gasteiger partial charge in [-0.25, -0.2) is 8.78 Å². The van der Waals surface area contributed by atoms with Gasteiger partial charge in [0, 0.05) is 0 Å². The van der Waals surface area contributed by atoms with Crippen molar-refractivity contribution in [2.45, 2.75) is 0 Å². The van der Waals surface area contributed by atoms with Crippen LogP contribution in [0.2, 0.25) is 0 Å². The van der Waals surface area contributed by atoms with Crippen LogP contribution in [-0.2, 0) is 0 Å². The first-order chi connectivity index (χ1) is 5.66. The van der Waals surface area contributed by atoms with Crippen LogP contribution >= 0.6 is 11.6 Å². The molecule has 0 radical (unpaired) electrons. The molecule has 64 valence electrons. The quantitative estimate of drug-likeness (QED) is 0.410. The molecule has 0 aromatic heterocycles. The van der Waals surface area contributed by atoms with Crippen molar-refractivity contribution in [2.24, 2.45) is 10.9 Å². The Morgan fingerprint density at radius 1 is 1.33 bits per heavy atom. The summed E-state index contributed by atoms with van der Waals surface area (Å²) >= 11 is 5.35. The van der Waals surface area contributed by atoms with Crippen molar-refractivity contribution in [1.29, 1.82) is 0 Å². The lowest BCUT2D eigenvalue weighted by Gasteiger charge is -1.99. The SMILES string of the molecule is NN=C(Cl)c1c(F)cccc1F. The van der Waals surface area contributed by atoms with Gasteiger partial charge in [0.2, 0.25) is 0 Å². The highest BCUT2D eigenvalue weighted by Crippen LogP contribution is 2.14. The summed E-state index contributed by atoms with van der Waals surface area (Å²) < 4.78 is 25.7. The molecule has 0 amide bonds. The van der Waals surface area contributed by atoms with Crippen LogP contribution in [0.5, 0.6) is 0 Å². The van der Waals surface area contributed by atoms with E-state index in [9.17, 15) is 8.78 Å². The number of nitrogens with two attached hydrogens (primary N) is 1. The number of hydrogen-bond acceptors (Lipinski definition) is 2. The van der Waals surface area contributed by atoms with Crippen LogP contribution in [0.15, 0.2) is 23.3 Å². The first kappa shape index (κ1) is 8.93. The third-order valence-corrected chi connectivity index (χ3v) is 1.57. The van der Waals surface area contributed by atoms with Crippen molar-refractivity contribution >= 4 is 16.8 Å². The van der Waals surface area contributed by atoms with Gasteiger partial charge in [0.15, 0.2) is 5.17 Å². The van der Waals surface area contributed by atoms with E-state index in [1.807, 2.05) is 0 Å². The Bertz CT molecular complexity index is 305. The van der Waals surface area contributed by atoms with Crippen LogP contribution in [0.4, 0.5) is 8.78 Å². The predicted molar refractivity (Wildman–Crippen MR) is 42.9 cm³/mol. The molecule has 0 fully saturated rings. The molecule has 0 saturated heterocycles. The Kier molecular flexibility index (Phi) is 2.60. The minimum Gasteiger partial charge on any atom is -0.322 e. The van der Waals surface area contributed by atoms with E-state index in [1.165, 1.54) is 6.07 Å². The first-order valence-corrected chi connectivity index (χ1v) is 3.42. The van der Waals surface area contributed by atoms with Crippen LogP contribution < -0.4 is 5.84 Å². The van der Waals surface area contributed by atoms with Gasteiger partial charge in [0.05, 0.1) is 5.56 Å². The lowest BCUT2D eigenvalue weighted by atomic mass is 10.2. The molecule has 1 rings (SSSR count). The van der Waals surface area contributed by atoms with Crippen molar-refractivity contribution in [1.82, 2.24) is 0 Å². The monoisotopic (exact) mass is 190 g/mol. The fraction of sp³-hybridized carbons (Fsp3) is 0. The topological polar surface area (TPSA) is 38.4 Å². The van der Waals surface area contributed by atoms with E-state index in [0.29, 0.717) is 0 Å². The molecule has 0 saturated carbocycles. The minimum absolute atomic E-state index is 0.384. The summed E-state index contributed by atoms with van der Waals surface area (Å²) in [5, 5.41) is 2.60. The zero-order valence-electron chi connectivity index (χ0n) is 5.89. The maximum atomic E-state index is 12.8. The maximum absolute atomic E-state index is 12.8. The van der Waals surface area contributed by atoms with Gasteiger partial charge in [-0.15, -0.1) is 0 Å². The minimum atomic E-state index is -0.783. The maximum Gasteiger partial charge on any atom is 0.161 e. The van der Waals surface area contributed by atoms with Crippen molar-refractivity contribution < 1.29 is 8.78 Å². The molecule has 0 spiro atoms. The Hall–Kier alpha value is -1.16. The van der Waals surface area contributed by atoms with Gasteiger partial charge in [0.1, 0.15) is 11.6 Å². The van der Waals surface area contributed by atoms with Gasteiger partial charge >= 0.3 is 0 Å². The fourth-order valence-corrected chi connectivity index (χ4v) is 0.940. The summed E-state index contributed by atoms with van der Waals surface area (Å²) in [5.74, 6) is 3.20.